The van der Waals surface area contributed by atoms with Crippen molar-refractivity contribution in [2.24, 2.45) is 0 Å². The molecule has 0 aromatic carbocycles. The third kappa shape index (κ3) is 5.11. The Labute approximate surface area is 183 Å². The molecule has 2 atom stereocenters. The first-order valence-corrected chi connectivity index (χ1v) is 14.0. The number of nitrogens with zero attached hydrogens (tertiary/aromatic N) is 4. The van der Waals surface area contributed by atoms with E-state index in [0.29, 0.717) is 12.0 Å². The molecule has 2 heterocycles. The average Bonchev–Trinajstić information content (AvgIpc) is 3.20. The minimum Gasteiger partial charge on any atom is -0.414 e. The Kier molecular flexibility index (Phi) is 6.18. The van der Waals surface area contributed by atoms with Gasteiger partial charge >= 0.3 is 0 Å². The number of hydrogen-bond acceptors (Lipinski definition) is 5. The molecule has 1 saturated carbocycles. The normalized spacial score (nSPS) is 20.6. The van der Waals surface area contributed by atoms with Gasteiger partial charge in [-0.15, -0.1) is 0 Å². The van der Waals surface area contributed by atoms with Crippen molar-refractivity contribution in [3.8, 4) is 0 Å². The predicted octanol–water partition coefficient (Wildman–Crippen LogP) is 6.14. The van der Waals surface area contributed by atoms with Gasteiger partial charge in [-0.25, -0.2) is 14.6 Å². The molecule has 0 spiro atoms. The summed E-state index contributed by atoms with van der Waals surface area (Å²) < 4.78 is 8.78. The van der Waals surface area contributed by atoms with Crippen LogP contribution >= 0.6 is 0 Å². The minimum absolute atomic E-state index is 0.127. The van der Waals surface area contributed by atoms with Crippen LogP contribution in [0, 0.1) is 6.92 Å². The first kappa shape index (κ1) is 22.9. The van der Waals surface area contributed by atoms with Crippen LogP contribution < -0.4 is 5.32 Å². The molecule has 7 heteroatoms. The van der Waals surface area contributed by atoms with Crippen LogP contribution in [0.3, 0.4) is 0 Å². The van der Waals surface area contributed by atoms with E-state index < -0.39 is 8.32 Å². The molecule has 2 aromatic rings. The summed E-state index contributed by atoms with van der Waals surface area (Å²) in [5.41, 5.74) is 1.03. The molecular formula is C23H39N5OSi. The molecule has 0 saturated heterocycles. The van der Waals surface area contributed by atoms with Crippen LogP contribution in [0.1, 0.15) is 78.2 Å². The van der Waals surface area contributed by atoms with Crippen molar-refractivity contribution in [3.63, 3.8) is 0 Å². The van der Waals surface area contributed by atoms with E-state index in [-0.39, 0.29) is 10.6 Å². The van der Waals surface area contributed by atoms with Crippen LogP contribution in [-0.4, -0.2) is 34.2 Å². The first-order valence-electron chi connectivity index (χ1n) is 11.1. The van der Waals surface area contributed by atoms with Gasteiger partial charge in [0, 0.05) is 24.3 Å². The summed E-state index contributed by atoms with van der Waals surface area (Å²) in [6.45, 7) is 20.1. The van der Waals surface area contributed by atoms with E-state index in [9.17, 15) is 0 Å². The van der Waals surface area contributed by atoms with Crippen molar-refractivity contribution in [1.82, 2.24) is 19.7 Å². The van der Waals surface area contributed by atoms with Crippen molar-refractivity contribution in [2.75, 3.05) is 5.32 Å². The largest absolute Gasteiger partial charge is 0.414 e. The lowest BCUT2D eigenvalue weighted by atomic mass is 10.0. The van der Waals surface area contributed by atoms with Crippen molar-refractivity contribution in [2.45, 2.75) is 103 Å². The van der Waals surface area contributed by atoms with Gasteiger partial charge in [-0.1, -0.05) is 20.8 Å². The summed E-state index contributed by atoms with van der Waals surface area (Å²) in [4.78, 5) is 8.69. The molecule has 1 N–H and O–H groups in total. The lowest BCUT2D eigenvalue weighted by Crippen LogP contribution is -2.43. The molecule has 2 aromatic heterocycles. The lowest BCUT2D eigenvalue weighted by molar-refractivity contribution is 0.186. The van der Waals surface area contributed by atoms with Crippen LogP contribution in [0.2, 0.25) is 18.1 Å². The van der Waals surface area contributed by atoms with Gasteiger partial charge < -0.3 is 9.74 Å². The molecule has 3 rings (SSSR count). The second-order valence-electron chi connectivity index (χ2n) is 11.2. The zero-order chi connectivity index (χ0) is 22.3. The van der Waals surface area contributed by atoms with Crippen LogP contribution in [0.4, 0.5) is 11.6 Å². The topological polar surface area (TPSA) is 64.9 Å². The highest BCUT2D eigenvalue weighted by molar-refractivity contribution is 6.74. The summed E-state index contributed by atoms with van der Waals surface area (Å²) in [5, 5.41) is 8.73. The Bertz CT molecular complexity index is 878. The maximum atomic E-state index is 6.70. The predicted molar refractivity (Wildman–Crippen MR) is 126 cm³/mol. The molecule has 30 heavy (non-hydrogen) atoms. The molecule has 1 aliphatic rings. The minimum atomic E-state index is -1.74. The van der Waals surface area contributed by atoms with E-state index in [1.54, 1.807) is 6.20 Å². The molecule has 0 radical (unpaired) electrons. The number of hydrogen-bond donors (Lipinski definition) is 1. The molecule has 0 amide bonds. The van der Waals surface area contributed by atoms with Crippen LogP contribution in [0.5, 0.6) is 0 Å². The number of aromatic nitrogens is 4. The van der Waals surface area contributed by atoms with E-state index in [1.807, 2.05) is 13.0 Å². The van der Waals surface area contributed by atoms with Gasteiger partial charge in [0.05, 0.1) is 11.2 Å². The van der Waals surface area contributed by atoms with Gasteiger partial charge in [0.2, 0.25) is 0 Å². The van der Waals surface area contributed by atoms with Crippen molar-refractivity contribution in [3.05, 3.63) is 29.8 Å². The molecule has 0 unspecified atom stereocenters. The SMILES string of the molecule is Cc1nccc(Nc2cc([C@H]3CC[C@@H](O[Si](C)(C)C(C)(C)C)C3)nn2C(C)(C)C)n1. The van der Waals surface area contributed by atoms with E-state index in [4.69, 9.17) is 9.52 Å². The Morgan fingerprint density at radius 3 is 2.43 bits per heavy atom. The van der Waals surface area contributed by atoms with Gasteiger partial charge in [-0.05, 0) is 71.2 Å². The smallest absolute Gasteiger partial charge is 0.192 e. The fourth-order valence-electron chi connectivity index (χ4n) is 3.77. The third-order valence-electron chi connectivity index (χ3n) is 6.47. The molecule has 1 aliphatic carbocycles. The second-order valence-corrected chi connectivity index (χ2v) is 15.9. The molecule has 0 aliphatic heterocycles. The van der Waals surface area contributed by atoms with Gasteiger partial charge in [0.15, 0.2) is 8.32 Å². The van der Waals surface area contributed by atoms with E-state index >= 15 is 0 Å². The Morgan fingerprint density at radius 1 is 1.13 bits per heavy atom. The second kappa shape index (κ2) is 8.08. The van der Waals surface area contributed by atoms with Gasteiger partial charge in [0.25, 0.3) is 0 Å². The number of nitrogens with one attached hydrogen (secondary N) is 1. The number of aryl methyl sites for hydroxylation is 1. The summed E-state index contributed by atoms with van der Waals surface area (Å²) in [6, 6.07) is 4.09. The fourth-order valence-corrected chi connectivity index (χ4v) is 5.17. The molecule has 0 bridgehead atoms. The fraction of sp³-hybridized carbons (Fsp3) is 0.696. The van der Waals surface area contributed by atoms with Gasteiger partial charge in [0.1, 0.15) is 17.5 Å². The maximum absolute atomic E-state index is 6.70. The van der Waals surface area contributed by atoms with E-state index in [1.165, 1.54) is 0 Å². The zero-order valence-electron chi connectivity index (χ0n) is 20.2. The third-order valence-corrected chi connectivity index (χ3v) is 11.0. The van der Waals surface area contributed by atoms with Crippen LogP contribution in [0.25, 0.3) is 0 Å². The maximum Gasteiger partial charge on any atom is 0.192 e. The zero-order valence-corrected chi connectivity index (χ0v) is 21.2. The monoisotopic (exact) mass is 429 g/mol. The first-order chi connectivity index (χ1) is 13.8. The highest BCUT2D eigenvalue weighted by atomic mass is 28.4. The van der Waals surface area contributed by atoms with Crippen molar-refractivity contribution in [1.29, 1.82) is 0 Å². The summed E-state index contributed by atoms with van der Waals surface area (Å²) in [5.74, 6) is 2.97. The van der Waals surface area contributed by atoms with Crippen LogP contribution in [-0.2, 0) is 9.96 Å². The van der Waals surface area contributed by atoms with Crippen molar-refractivity contribution >= 4 is 20.0 Å². The van der Waals surface area contributed by atoms with Crippen LogP contribution in [0.15, 0.2) is 18.3 Å². The summed E-state index contributed by atoms with van der Waals surface area (Å²) in [7, 11) is -1.74. The quantitative estimate of drug-likeness (QED) is 0.578. The molecular weight excluding hydrogens is 390 g/mol. The number of anilines is 2. The highest BCUT2D eigenvalue weighted by Crippen LogP contribution is 2.43. The molecule has 6 nitrogen and oxygen atoms in total. The average molecular weight is 430 g/mol. The van der Waals surface area contributed by atoms with Crippen molar-refractivity contribution < 1.29 is 4.43 Å². The summed E-state index contributed by atoms with van der Waals surface area (Å²) in [6.07, 6.45) is 5.43. The highest BCUT2D eigenvalue weighted by Gasteiger charge is 2.41. The molecule has 1 fully saturated rings. The Hall–Kier alpha value is -1.73. The Morgan fingerprint density at radius 2 is 1.83 bits per heavy atom. The van der Waals surface area contributed by atoms with Gasteiger partial charge in [-0.2, -0.15) is 5.10 Å². The number of rotatable bonds is 5. The standard InChI is InChI=1S/C23H39N5OSi/c1-16-24-13-12-20(25-16)26-21-15-19(27-28(21)22(2,3)4)17-10-11-18(14-17)29-30(8,9)23(5,6)7/h12-13,15,17-18H,10-11,14H2,1-9H3,(H,24,25,26)/t17-,18+/m0/s1. The Balaban J connectivity index is 1.79. The van der Waals surface area contributed by atoms with E-state index in [2.05, 4.69) is 80.7 Å². The lowest BCUT2D eigenvalue weighted by Gasteiger charge is -2.38. The van der Waals surface area contributed by atoms with E-state index in [0.717, 1.165) is 42.4 Å². The molecule has 166 valence electrons. The van der Waals surface area contributed by atoms with Gasteiger partial charge in [-0.3, -0.25) is 0 Å². The summed E-state index contributed by atoms with van der Waals surface area (Å²) >= 11 is 0.